The highest BCUT2D eigenvalue weighted by molar-refractivity contribution is 5.62. The molecule has 0 aromatic rings. The first-order valence-corrected chi connectivity index (χ1v) is 4.74. The van der Waals surface area contributed by atoms with Crippen molar-refractivity contribution in [1.82, 2.24) is 0 Å². The summed E-state index contributed by atoms with van der Waals surface area (Å²) in [6.07, 6.45) is 9.50. The molecule has 0 spiro atoms. The van der Waals surface area contributed by atoms with Crippen LogP contribution in [-0.2, 0) is 4.79 Å². The van der Waals surface area contributed by atoms with Crippen molar-refractivity contribution in [3.8, 4) is 0 Å². The van der Waals surface area contributed by atoms with Crippen molar-refractivity contribution < 1.29 is 9.90 Å². The van der Waals surface area contributed by atoms with Crippen LogP contribution < -0.4 is 0 Å². The summed E-state index contributed by atoms with van der Waals surface area (Å²) in [7, 11) is 0. The topological polar surface area (TPSA) is 37.3 Å². The van der Waals surface area contributed by atoms with Crippen LogP contribution in [0.25, 0.3) is 0 Å². The Labute approximate surface area is 82.0 Å². The van der Waals surface area contributed by atoms with Gasteiger partial charge in [-0.1, -0.05) is 52.0 Å². The molecule has 0 radical (unpaired) electrons. The minimum Gasteiger partial charge on any atom is -0.481 e. The van der Waals surface area contributed by atoms with Crippen LogP contribution in [0, 0.1) is 0 Å². The van der Waals surface area contributed by atoms with Crippen LogP contribution in [0.15, 0.2) is 24.3 Å². The van der Waals surface area contributed by atoms with Gasteiger partial charge >= 0.3 is 0 Å². The Morgan fingerprint density at radius 1 is 1.08 bits per heavy atom. The van der Waals surface area contributed by atoms with Crippen LogP contribution in [0.4, 0.5) is 0 Å². The third kappa shape index (κ3) is 56.2. The van der Waals surface area contributed by atoms with Crippen LogP contribution in [0.1, 0.15) is 41.0 Å². The number of carboxylic acid groups (broad SMARTS) is 1. The van der Waals surface area contributed by atoms with Crippen molar-refractivity contribution in [2.24, 2.45) is 0 Å². The fourth-order valence-electron chi connectivity index (χ4n) is 0.393. The van der Waals surface area contributed by atoms with Crippen molar-refractivity contribution >= 4 is 5.97 Å². The predicted molar refractivity (Wildman–Crippen MR) is 58.9 cm³/mol. The molecular weight excluding hydrogens is 164 g/mol. The number of hydrogen-bond donors (Lipinski definition) is 1. The highest BCUT2D eigenvalue weighted by Gasteiger charge is 1.72. The van der Waals surface area contributed by atoms with E-state index in [-0.39, 0.29) is 0 Å². The Kier molecular flexibility index (Phi) is 30.9. The second-order valence-electron chi connectivity index (χ2n) is 1.61. The van der Waals surface area contributed by atoms with Gasteiger partial charge in [-0.05, 0) is 6.42 Å². The molecule has 0 unspecified atom stereocenters. The smallest absolute Gasteiger partial charge is 0.300 e. The molecule has 0 aromatic carbocycles. The van der Waals surface area contributed by atoms with E-state index >= 15 is 0 Å². The van der Waals surface area contributed by atoms with Crippen LogP contribution >= 0.6 is 0 Å². The summed E-state index contributed by atoms with van der Waals surface area (Å²) < 4.78 is 0. The molecule has 78 valence electrons. The van der Waals surface area contributed by atoms with E-state index in [0.717, 1.165) is 13.3 Å². The zero-order valence-electron chi connectivity index (χ0n) is 9.37. The second-order valence-corrected chi connectivity index (χ2v) is 1.61. The number of carboxylic acids is 1. The fourth-order valence-corrected chi connectivity index (χ4v) is 0.393. The Hall–Kier alpha value is -1.05. The predicted octanol–water partition coefficient (Wildman–Crippen LogP) is 3.65. The highest BCUT2D eigenvalue weighted by Crippen LogP contribution is 1.93. The quantitative estimate of drug-likeness (QED) is 0.627. The monoisotopic (exact) mass is 186 g/mol. The number of allylic oxidation sites excluding steroid dienone is 4. The van der Waals surface area contributed by atoms with Gasteiger partial charge in [0.25, 0.3) is 5.97 Å². The first-order valence-electron chi connectivity index (χ1n) is 4.74. The first-order chi connectivity index (χ1) is 6.23. The van der Waals surface area contributed by atoms with Gasteiger partial charge in [0, 0.05) is 6.92 Å². The molecule has 0 amide bonds. The van der Waals surface area contributed by atoms with Crippen molar-refractivity contribution in [2.75, 3.05) is 0 Å². The summed E-state index contributed by atoms with van der Waals surface area (Å²) in [5.74, 6) is -0.833. The zero-order valence-corrected chi connectivity index (χ0v) is 9.37. The number of rotatable bonds is 0. The summed E-state index contributed by atoms with van der Waals surface area (Å²) in [5.41, 5.74) is 0. The molecule has 13 heavy (non-hydrogen) atoms. The molecular formula is C11H22O2. The first kappa shape index (κ1) is 17.9. The minimum atomic E-state index is -0.833. The van der Waals surface area contributed by atoms with Crippen molar-refractivity contribution in [2.45, 2.75) is 41.0 Å². The molecule has 0 heterocycles. The molecule has 0 atom stereocenters. The fraction of sp³-hybridized carbons (Fsp3) is 0.545. The molecule has 0 saturated carbocycles. The van der Waals surface area contributed by atoms with Gasteiger partial charge in [-0.15, -0.1) is 0 Å². The second kappa shape index (κ2) is 22.4. The lowest BCUT2D eigenvalue weighted by Crippen LogP contribution is -1.78. The normalized spacial score (nSPS) is 9.62. The lowest BCUT2D eigenvalue weighted by atomic mass is 10.5. The van der Waals surface area contributed by atoms with Gasteiger partial charge in [-0.2, -0.15) is 0 Å². The third-order valence-corrected chi connectivity index (χ3v) is 0.655. The SMILES string of the molecule is C1=CCC=C1.CC.CC.CC(=O)O. The van der Waals surface area contributed by atoms with E-state index in [0.29, 0.717) is 0 Å². The van der Waals surface area contributed by atoms with Gasteiger partial charge in [0.2, 0.25) is 0 Å². The van der Waals surface area contributed by atoms with E-state index in [1.54, 1.807) is 0 Å². The molecule has 0 saturated heterocycles. The Bertz CT molecular complexity index is 121. The van der Waals surface area contributed by atoms with Gasteiger partial charge in [0.15, 0.2) is 0 Å². The van der Waals surface area contributed by atoms with E-state index in [4.69, 9.17) is 9.90 Å². The molecule has 0 fully saturated rings. The lowest BCUT2D eigenvalue weighted by Gasteiger charge is -1.59. The maximum Gasteiger partial charge on any atom is 0.300 e. The average Bonchev–Trinajstić information content (AvgIpc) is 2.67. The number of hydrogen-bond acceptors (Lipinski definition) is 1. The van der Waals surface area contributed by atoms with E-state index in [1.165, 1.54) is 0 Å². The van der Waals surface area contributed by atoms with Gasteiger partial charge in [-0.25, -0.2) is 0 Å². The van der Waals surface area contributed by atoms with Gasteiger partial charge in [0.05, 0.1) is 0 Å². The van der Waals surface area contributed by atoms with Gasteiger partial charge in [0.1, 0.15) is 0 Å². The number of aliphatic carboxylic acids is 1. The third-order valence-electron chi connectivity index (χ3n) is 0.655. The van der Waals surface area contributed by atoms with E-state index in [9.17, 15) is 0 Å². The van der Waals surface area contributed by atoms with Crippen molar-refractivity contribution in [3.05, 3.63) is 24.3 Å². The number of carbonyl (C=O) groups is 1. The highest BCUT2D eigenvalue weighted by atomic mass is 16.4. The van der Waals surface area contributed by atoms with Crippen LogP contribution in [0.2, 0.25) is 0 Å². The van der Waals surface area contributed by atoms with Gasteiger partial charge < -0.3 is 5.11 Å². The van der Waals surface area contributed by atoms with Crippen LogP contribution in [-0.4, -0.2) is 11.1 Å². The molecule has 0 bridgehead atoms. The van der Waals surface area contributed by atoms with E-state index in [2.05, 4.69) is 24.3 Å². The van der Waals surface area contributed by atoms with Crippen LogP contribution in [0.5, 0.6) is 0 Å². The summed E-state index contributed by atoms with van der Waals surface area (Å²) in [5, 5.41) is 7.42. The average molecular weight is 186 g/mol. The van der Waals surface area contributed by atoms with E-state index < -0.39 is 5.97 Å². The maximum absolute atomic E-state index is 9.00. The van der Waals surface area contributed by atoms with Gasteiger partial charge in [-0.3, -0.25) is 4.79 Å². The van der Waals surface area contributed by atoms with E-state index in [1.807, 2.05) is 27.7 Å². The Morgan fingerprint density at radius 3 is 1.38 bits per heavy atom. The van der Waals surface area contributed by atoms with Crippen molar-refractivity contribution in [1.29, 1.82) is 0 Å². The molecule has 1 aliphatic rings. The zero-order chi connectivity index (χ0) is 11.1. The Morgan fingerprint density at radius 2 is 1.31 bits per heavy atom. The molecule has 1 N–H and O–H groups in total. The Balaban J connectivity index is -0.000000114. The summed E-state index contributed by atoms with van der Waals surface area (Å²) in [6.45, 7) is 9.08. The van der Waals surface area contributed by atoms with Crippen molar-refractivity contribution in [3.63, 3.8) is 0 Å². The lowest BCUT2D eigenvalue weighted by molar-refractivity contribution is -0.134. The summed E-state index contributed by atoms with van der Waals surface area (Å²) >= 11 is 0. The van der Waals surface area contributed by atoms with Crippen LogP contribution in [0.3, 0.4) is 0 Å². The molecule has 1 aliphatic carbocycles. The maximum atomic E-state index is 9.00. The molecule has 0 aromatic heterocycles. The molecule has 0 aliphatic heterocycles. The minimum absolute atomic E-state index is 0.833. The summed E-state index contributed by atoms with van der Waals surface area (Å²) in [4.78, 5) is 9.00. The molecule has 2 heteroatoms. The standard InChI is InChI=1S/C5H6.C2H4O2.2C2H6/c1-2-4-5-3-1;1-2(3)4;2*1-2/h1-4H,5H2;1H3,(H,3,4);2*1-2H3. The molecule has 1 rings (SSSR count). The molecule has 2 nitrogen and oxygen atoms in total. The summed E-state index contributed by atoms with van der Waals surface area (Å²) in [6, 6.07) is 0. The largest absolute Gasteiger partial charge is 0.481 e.